The van der Waals surface area contributed by atoms with Gasteiger partial charge < -0.3 is 15.0 Å². The predicted molar refractivity (Wildman–Crippen MR) is 107 cm³/mol. The van der Waals surface area contributed by atoms with Crippen molar-refractivity contribution in [1.82, 2.24) is 10.2 Å². The lowest BCUT2D eigenvalue weighted by Gasteiger charge is -2.21. The first-order valence-corrected chi connectivity index (χ1v) is 9.18. The van der Waals surface area contributed by atoms with Crippen molar-refractivity contribution in [2.75, 3.05) is 26.7 Å². The lowest BCUT2D eigenvalue weighted by atomic mass is 10.1. The minimum Gasteiger partial charge on any atom is -0.497 e. The van der Waals surface area contributed by atoms with Crippen LogP contribution in [-0.4, -0.2) is 43.5 Å². The van der Waals surface area contributed by atoms with Crippen LogP contribution in [0.3, 0.4) is 0 Å². The van der Waals surface area contributed by atoms with Crippen LogP contribution in [0.2, 0.25) is 0 Å². The Morgan fingerprint density at radius 1 is 0.963 bits per heavy atom. The average molecular weight is 368 g/mol. The molecule has 2 aromatic rings. The molecule has 144 valence electrons. The summed E-state index contributed by atoms with van der Waals surface area (Å²) in [4.78, 5) is 25.7. The fraction of sp³-hybridized carbons (Fsp3) is 0.364. The lowest BCUT2D eigenvalue weighted by Crippen LogP contribution is -2.39. The van der Waals surface area contributed by atoms with Crippen LogP contribution in [0, 0.1) is 6.92 Å². The number of ether oxygens (including phenoxy) is 1. The van der Waals surface area contributed by atoms with Gasteiger partial charge in [-0.2, -0.15) is 0 Å². The number of carbonyl (C=O) groups is 2. The molecular formula is C22H28N2O3. The molecule has 27 heavy (non-hydrogen) atoms. The van der Waals surface area contributed by atoms with E-state index in [1.165, 1.54) is 5.56 Å². The van der Waals surface area contributed by atoms with Crippen LogP contribution in [0.25, 0.3) is 0 Å². The zero-order valence-electron chi connectivity index (χ0n) is 16.3. The van der Waals surface area contributed by atoms with Crippen LogP contribution < -0.4 is 10.1 Å². The summed E-state index contributed by atoms with van der Waals surface area (Å²) in [6, 6.07) is 15.8. The molecule has 0 fully saturated rings. The summed E-state index contributed by atoms with van der Waals surface area (Å²) in [6.07, 6.45) is 1.12. The molecule has 0 aliphatic rings. The third-order valence-electron chi connectivity index (χ3n) is 4.46. The molecule has 1 N–H and O–H groups in total. The number of benzene rings is 2. The van der Waals surface area contributed by atoms with Gasteiger partial charge in [-0.3, -0.25) is 9.59 Å². The number of methoxy groups -OCH3 is 1. The molecule has 5 heteroatoms. The van der Waals surface area contributed by atoms with Gasteiger partial charge in [0.25, 0.3) is 0 Å². The first-order valence-electron chi connectivity index (χ1n) is 9.18. The van der Waals surface area contributed by atoms with E-state index in [-0.39, 0.29) is 11.8 Å². The van der Waals surface area contributed by atoms with E-state index in [1.807, 2.05) is 55.5 Å². The van der Waals surface area contributed by atoms with Crippen LogP contribution >= 0.6 is 0 Å². The van der Waals surface area contributed by atoms with Gasteiger partial charge in [-0.1, -0.05) is 42.0 Å². The summed E-state index contributed by atoms with van der Waals surface area (Å²) in [6.45, 7) is 5.15. The summed E-state index contributed by atoms with van der Waals surface area (Å²) >= 11 is 0. The zero-order chi connectivity index (χ0) is 19.6. The smallest absolute Gasteiger partial charge is 0.224 e. The zero-order valence-corrected chi connectivity index (χ0v) is 16.3. The van der Waals surface area contributed by atoms with Crippen molar-refractivity contribution >= 4 is 11.8 Å². The predicted octanol–water partition coefficient (Wildman–Crippen LogP) is 2.75. The first-order chi connectivity index (χ1) is 13.0. The lowest BCUT2D eigenvalue weighted by molar-refractivity contribution is -0.129. The second-order valence-electron chi connectivity index (χ2n) is 6.62. The Balaban J connectivity index is 1.75. The minimum atomic E-state index is -0.0301. The van der Waals surface area contributed by atoms with E-state index in [1.54, 1.807) is 18.9 Å². The number of rotatable bonds is 9. The minimum absolute atomic E-state index is 0.0105. The second kappa shape index (κ2) is 10.4. The molecule has 0 heterocycles. The van der Waals surface area contributed by atoms with Gasteiger partial charge in [0.2, 0.25) is 11.8 Å². The van der Waals surface area contributed by atoms with Gasteiger partial charge in [-0.25, -0.2) is 0 Å². The van der Waals surface area contributed by atoms with Crippen molar-refractivity contribution in [3.63, 3.8) is 0 Å². The van der Waals surface area contributed by atoms with Crippen molar-refractivity contribution in [1.29, 1.82) is 0 Å². The molecule has 0 unspecified atom stereocenters. The standard InChI is InChI=1S/C22H28N2O3/c1-17-4-6-20(7-5-17)16-22(26)23-13-15-24(18(2)25)14-12-19-8-10-21(27-3)11-9-19/h4-11H,12-16H2,1-3H3,(H,23,26). The third-order valence-corrected chi connectivity index (χ3v) is 4.46. The maximum absolute atomic E-state index is 12.1. The highest BCUT2D eigenvalue weighted by atomic mass is 16.5. The van der Waals surface area contributed by atoms with Gasteiger partial charge in [0.15, 0.2) is 0 Å². The molecule has 0 saturated carbocycles. The van der Waals surface area contributed by atoms with Crippen molar-refractivity contribution in [3.05, 3.63) is 65.2 Å². The maximum Gasteiger partial charge on any atom is 0.224 e. The van der Waals surface area contributed by atoms with Crippen LogP contribution in [0.5, 0.6) is 5.75 Å². The van der Waals surface area contributed by atoms with E-state index < -0.39 is 0 Å². The Morgan fingerprint density at radius 3 is 2.19 bits per heavy atom. The second-order valence-corrected chi connectivity index (χ2v) is 6.62. The number of hydrogen-bond acceptors (Lipinski definition) is 3. The number of aryl methyl sites for hydroxylation is 1. The molecule has 5 nitrogen and oxygen atoms in total. The first kappa shape index (κ1) is 20.5. The Bertz CT molecular complexity index is 739. The van der Waals surface area contributed by atoms with Gasteiger partial charge in [0.05, 0.1) is 13.5 Å². The molecule has 0 radical (unpaired) electrons. The van der Waals surface area contributed by atoms with E-state index in [4.69, 9.17) is 4.74 Å². The van der Waals surface area contributed by atoms with E-state index >= 15 is 0 Å². The number of hydrogen-bond donors (Lipinski definition) is 1. The van der Waals surface area contributed by atoms with Crippen molar-refractivity contribution in [2.24, 2.45) is 0 Å². The highest BCUT2D eigenvalue weighted by Gasteiger charge is 2.10. The number of carbonyl (C=O) groups excluding carboxylic acids is 2. The Hall–Kier alpha value is -2.82. The number of nitrogens with zero attached hydrogens (tertiary/aromatic N) is 1. The molecule has 0 saturated heterocycles. The Kier molecular flexibility index (Phi) is 7.86. The molecule has 2 amide bonds. The average Bonchev–Trinajstić information content (AvgIpc) is 2.66. The fourth-order valence-electron chi connectivity index (χ4n) is 2.77. The molecular weight excluding hydrogens is 340 g/mol. The van der Waals surface area contributed by atoms with Crippen LogP contribution in [0.15, 0.2) is 48.5 Å². The third kappa shape index (κ3) is 7.13. The quantitative estimate of drug-likeness (QED) is 0.740. The molecule has 0 aliphatic carbocycles. The molecule has 0 bridgehead atoms. The van der Waals surface area contributed by atoms with Crippen LogP contribution in [0.1, 0.15) is 23.6 Å². The fourth-order valence-corrected chi connectivity index (χ4v) is 2.77. The van der Waals surface area contributed by atoms with E-state index in [0.29, 0.717) is 26.1 Å². The Labute approximate surface area is 161 Å². The van der Waals surface area contributed by atoms with Crippen LogP contribution in [-0.2, 0) is 22.4 Å². The van der Waals surface area contributed by atoms with E-state index in [9.17, 15) is 9.59 Å². The highest BCUT2D eigenvalue weighted by molar-refractivity contribution is 5.78. The molecule has 0 aliphatic heterocycles. The van der Waals surface area contributed by atoms with Gasteiger partial charge in [-0.05, 0) is 36.6 Å². The monoisotopic (exact) mass is 368 g/mol. The van der Waals surface area contributed by atoms with Crippen molar-refractivity contribution in [2.45, 2.75) is 26.7 Å². The molecule has 2 aromatic carbocycles. The molecule has 2 rings (SSSR count). The molecule has 0 atom stereocenters. The summed E-state index contributed by atoms with van der Waals surface area (Å²) < 4.78 is 5.15. The van der Waals surface area contributed by atoms with Gasteiger partial charge >= 0.3 is 0 Å². The summed E-state index contributed by atoms with van der Waals surface area (Å²) in [5, 5.41) is 2.90. The van der Waals surface area contributed by atoms with Gasteiger partial charge in [0.1, 0.15) is 5.75 Å². The van der Waals surface area contributed by atoms with Crippen molar-refractivity contribution < 1.29 is 14.3 Å². The molecule has 0 spiro atoms. The van der Waals surface area contributed by atoms with Gasteiger partial charge in [-0.15, -0.1) is 0 Å². The molecule has 0 aromatic heterocycles. The number of nitrogens with one attached hydrogen (secondary N) is 1. The van der Waals surface area contributed by atoms with E-state index in [0.717, 1.165) is 23.3 Å². The number of amides is 2. The normalized spacial score (nSPS) is 10.3. The summed E-state index contributed by atoms with van der Waals surface area (Å²) in [7, 11) is 1.64. The highest BCUT2D eigenvalue weighted by Crippen LogP contribution is 2.12. The van der Waals surface area contributed by atoms with Crippen molar-refractivity contribution in [3.8, 4) is 5.75 Å². The SMILES string of the molecule is COc1ccc(CCN(CCNC(=O)Cc2ccc(C)cc2)C(C)=O)cc1. The largest absolute Gasteiger partial charge is 0.497 e. The van der Waals surface area contributed by atoms with E-state index in [2.05, 4.69) is 5.32 Å². The maximum atomic E-state index is 12.1. The summed E-state index contributed by atoms with van der Waals surface area (Å²) in [5.41, 5.74) is 3.31. The Morgan fingerprint density at radius 2 is 1.59 bits per heavy atom. The van der Waals surface area contributed by atoms with Crippen LogP contribution in [0.4, 0.5) is 0 Å². The summed E-state index contributed by atoms with van der Waals surface area (Å²) in [5.74, 6) is 0.798. The topological polar surface area (TPSA) is 58.6 Å². The van der Waals surface area contributed by atoms with Gasteiger partial charge in [0, 0.05) is 26.6 Å².